The molecule has 0 saturated carbocycles. The van der Waals surface area contributed by atoms with Crippen molar-refractivity contribution in [3.63, 3.8) is 0 Å². The van der Waals surface area contributed by atoms with Gasteiger partial charge < -0.3 is 16.8 Å². The number of anilines is 1. The lowest BCUT2D eigenvalue weighted by Gasteiger charge is -2.19. The van der Waals surface area contributed by atoms with E-state index in [0.717, 1.165) is 5.56 Å². The number of amides is 2. The SMILES string of the molecule is Cc1ccc(C(N)=O)cc1NC(=O)C(C)(C)N. The van der Waals surface area contributed by atoms with Gasteiger partial charge in [0.05, 0.1) is 5.54 Å². The molecule has 1 aromatic rings. The molecular formula is C12H17N3O2. The van der Waals surface area contributed by atoms with E-state index in [9.17, 15) is 9.59 Å². The molecule has 92 valence electrons. The first-order chi connectivity index (χ1) is 7.71. The van der Waals surface area contributed by atoms with Gasteiger partial charge in [-0.3, -0.25) is 9.59 Å². The van der Waals surface area contributed by atoms with Gasteiger partial charge in [0.25, 0.3) is 0 Å². The van der Waals surface area contributed by atoms with E-state index in [2.05, 4.69) is 5.32 Å². The highest BCUT2D eigenvalue weighted by molar-refractivity contribution is 6.00. The number of rotatable bonds is 3. The highest BCUT2D eigenvalue weighted by atomic mass is 16.2. The Morgan fingerprint density at radius 2 is 1.88 bits per heavy atom. The van der Waals surface area contributed by atoms with Gasteiger partial charge in [0, 0.05) is 11.3 Å². The Morgan fingerprint density at radius 3 is 2.35 bits per heavy atom. The lowest BCUT2D eigenvalue weighted by molar-refractivity contribution is -0.120. The summed E-state index contributed by atoms with van der Waals surface area (Å²) in [6, 6.07) is 4.88. The molecule has 0 aliphatic rings. The van der Waals surface area contributed by atoms with Crippen LogP contribution in [0.1, 0.15) is 29.8 Å². The Kier molecular flexibility index (Phi) is 3.53. The molecule has 1 aromatic carbocycles. The zero-order chi connectivity index (χ0) is 13.2. The standard InChI is InChI=1S/C12H17N3O2/c1-7-4-5-8(10(13)16)6-9(7)15-11(17)12(2,3)14/h4-6H,14H2,1-3H3,(H2,13,16)(H,15,17). The van der Waals surface area contributed by atoms with Gasteiger partial charge in [-0.25, -0.2) is 0 Å². The average molecular weight is 235 g/mol. The quantitative estimate of drug-likeness (QED) is 0.721. The van der Waals surface area contributed by atoms with Crippen molar-refractivity contribution in [1.82, 2.24) is 0 Å². The number of nitrogens with two attached hydrogens (primary N) is 2. The highest BCUT2D eigenvalue weighted by Crippen LogP contribution is 2.17. The fourth-order valence-corrected chi connectivity index (χ4v) is 1.19. The van der Waals surface area contributed by atoms with E-state index in [1.807, 2.05) is 6.92 Å². The molecule has 0 aliphatic heterocycles. The van der Waals surface area contributed by atoms with E-state index in [4.69, 9.17) is 11.5 Å². The predicted molar refractivity (Wildman–Crippen MR) is 66.6 cm³/mol. The van der Waals surface area contributed by atoms with Crippen LogP contribution in [0.25, 0.3) is 0 Å². The molecule has 17 heavy (non-hydrogen) atoms. The predicted octanol–water partition coefficient (Wildman–Crippen LogP) is 0.770. The van der Waals surface area contributed by atoms with Crippen LogP contribution < -0.4 is 16.8 Å². The number of primary amides is 1. The van der Waals surface area contributed by atoms with Crippen molar-refractivity contribution in [2.75, 3.05) is 5.32 Å². The average Bonchev–Trinajstić information content (AvgIpc) is 2.19. The minimum absolute atomic E-state index is 0.317. The maximum atomic E-state index is 11.7. The fraction of sp³-hybridized carbons (Fsp3) is 0.333. The number of aryl methyl sites for hydroxylation is 1. The van der Waals surface area contributed by atoms with Crippen LogP contribution >= 0.6 is 0 Å². The molecule has 0 saturated heterocycles. The molecule has 5 N–H and O–H groups in total. The fourth-order valence-electron chi connectivity index (χ4n) is 1.19. The number of carbonyl (C=O) groups is 2. The number of carbonyl (C=O) groups excluding carboxylic acids is 2. The molecule has 5 nitrogen and oxygen atoms in total. The van der Waals surface area contributed by atoms with Crippen molar-refractivity contribution in [3.05, 3.63) is 29.3 Å². The minimum Gasteiger partial charge on any atom is -0.366 e. The van der Waals surface area contributed by atoms with Crippen molar-refractivity contribution in [2.45, 2.75) is 26.3 Å². The minimum atomic E-state index is -0.977. The maximum Gasteiger partial charge on any atom is 0.248 e. The number of hydrogen-bond donors (Lipinski definition) is 3. The summed E-state index contributed by atoms with van der Waals surface area (Å²) in [7, 11) is 0. The van der Waals surface area contributed by atoms with E-state index < -0.39 is 11.4 Å². The van der Waals surface area contributed by atoms with Crippen molar-refractivity contribution in [2.24, 2.45) is 11.5 Å². The van der Waals surface area contributed by atoms with Crippen LogP contribution in [-0.4, -0.2) is 17.4 Å². The van der Waals surface area contributed by atoms with Crippen LogP contribution in [0.4, 0.5) is 5.69 Å². The summed E-state index contributed by atoms with van der Waals surface area (Å²) in [5.41, 5.74) is 11.6. The first-order valence-corrected chi connectivity index (χ1v) is 5.22. The summed E-state index contributed by atoms with van der Waals surface area (Å²) < 4.78 is 0. The zero-order valence-corrected chi connectivity index (χ0v) is 10.2. The summed E-state index contributed by atoms with van der Waals surface area (Å²) >= 11 is 0. The Labute approximate surface area is 100 Å². The van der Waals surface area contributed by atoms with E-state index in [1.165, 1.54) is 0 Å². The Balaban J connectivity index is 3.02. The topological polar surface area (TPSA) is 98.2 Å². The second-order valence-corrected chi connectivity index (χ2v) is 4.57. The molecule has 0 aliphatic carbocycles. The maximum absolute atomic E-state index is 11.7. The smallest absolute Gasteiger partial charge is 0.248 e. The lowest BCUT2D eigenvalue weighted by Crippen LogP contribution is -2.45. The summed E-state index contributed by atoms with van der Waals surface area (Å²) in [5.74, 6) is -0.852. The number of nitrogens with one attached hydrogen (secondary N) is 1. The van der Waals surface area contributed by atoms with Crippen LogP contribution in [0, 0.1) is 6.92 Å². The van der Waals surface area contributed by atoms with E-state index in [0.29, 0.717) is 11.3 Å². The van der Waals surface area contributed by atoms with Crippen LogP contribution in [0.3, 0.4) is 0 Å². The molecule has 0 unspecified atom stereocenters. The molecule has 5 heteroatoms. The molecule has 0 heterocycles. The summed E-state index contributed by atoms with van der Waals surface area (Å²) in [5, 5.41) is 2.67. The third-order valence-electron chi connectivity index (χ3n) is 2.36. The van der Waals surface area contributed by atoms with Gasteiger partial charge in [0.2, 0.25) is 11.8 Å². The normalized spacial score (nSPS) is 11.1. The van der Waals surface area contributed by atoms with Crippen LogP contribution in [-0.2, 0) is 4.79 Å². The van der Waals surface area contributed by atoms with Gasteiger partial charge in [-0.2, -0.15) is 0 Å². The Hall–Kier alpha value is -1.88. The van der Waals surface area contributed by atoms with Gasteiger partial charge in [0.15, 0.2) is 0 Å². The van der Waals surface area contributed by atoms with Gasteiger partial charge in [-0.15, -0.1) is 0 Å². The van der Waals surface area contributed by atoms with Gasteiger partial charge in [-0.05, 0) is 38.5 Å². The second kappa shape index (κ2) is 4.55. The summed E-state index contributed by atoms with van der Waals surface area (Å²) in [6.45, 7) is 5.04. The van der Waals surface area contributed by atoms with E-state index >= 15 is 0 Å². The van der Waals surface area contributed by atoms with Crippen molar-refractivity contribution in [1.29, 1.82) is 0 Å². The van der Waals surface area contributed by atoms with Crippen LogP contribution in [0.15, 0.2) is 18.2 Å². The van der Waals surface area contributed by atoms with Crippen molar-refractivity contribution >= 4 is 17.5 Å². The van der Waals surface area contributed by atoms with Crippen molar-refractivity contribution < 1.29 is 9.59 Å². The van der Waals surface area contributed by atoms with Crippen LogP contribution in [0.2, 0.25) is 0 Å². The molecule has 0 aromatic heterocycles. The summed E-state index contributed by atoms with van der Waals surface area (Å²) in [4.78, 5) is 22.7. The van der Waals surface area contributed by atoms with Gasteiger partial charge in [0.1, 0.15) is 0 Å². The third kappa shape index (κ3) is 3.29. The first kappa shape index (κ1) is 13.2. The highest BCUT2D eigenvalue weighted by Gasteiger charge is 2.22. The third-order valence-corrected chi connectivity index (χ3v) is 2.36. The summed E-state index contributed by atoms with van der Waals surface area (Å²) in [6.07, 6.45) is 0. The number of benzene rings is 1. The van der Waals surface area contributed by atoms with E-state index in [1.54, 1.807) is 32.0 Å². The molecule has 2 amide bonds. The molecule has 0 fully saturated rings. The molecule has 1 rings (SSSR count). The van der Waals surface area contributed by atoms with Gasteiger partial charge in [-0.1, -0.05) is 6.07 Å². The molecule has 0 radical (unpaired) electrons. The van der Waals surface area contributed by atoms with E-state index in [-0.39, 0.29) is 5.91 Å². The van der Waals surface area contributed by atoms with Crippen LogP contribution in [0.5, 0.6) is 0 Å². The second-order valence-electron chi connectivity index (χ2n) is 4.57. The Bertz CT molecular complexity index is 461. The largest absolute Gasteiger partial charge is 0.366 e. The van der Waals surface area contributed by atoms with Crippen molar-refractivity contribution in [3.8, 4) is 0 Å². The van der Waals surface area contributed by atoms with Gasteiger partial charge >= 0.3 is 0 Å². The number of hydrogen-bond acceptors (Lipinski definition) is 3. The lowest BCUT2D eigenvalue weighted by atomic mass is 10.0. The molecule has 0 spiro atoms. The zero-order valence-electron chi connectivity index (χ0n) is 10.2. The molecule has 0 bridgehead atoms. The first-order valence-electron chi connectivity index (χ1n) is 5.22. The monoisotopic (exact) mass is 235 g/mol. The molecule has 0 atom stereocenters. The Morgan fingerprint density at radius 1 is 1.29 bits per heavy atom. The molecular weight excluding hydrogens is 218 g/mol.